The van der Waals surface area contributed by atoms with Gasteiger partial charge in [0, 0.05) is 26.1 Å². The molecule has 22 heavy (non-hydrogen) atoms. The minimum Gasteiger partial charge on any atom is -0.376 e. The Bertz CT molecular complexity index is 494. The first kappa shape index (κ1) is 15.3. The van der Waals surface area contributed by atoms with E-state index in [1.54, 1.807) is 0 Å². The average molecular weight is 304 g/mol. The first-order chi connectivity index (χ1) is 10.7. The molecule has 3 atom stereocenters. The lowest BCUT2D eigenvalue weighted by molar-refractivity contribution is -0.0139. The molecule has 0 unspecified atom stereocenters. The van der Waals surface area contributed by atoms with Crippen molar-refractivity contribution in [3.63, 3.8) is 0 Å². The summed E-state index contributed by atoms with van der Waals surface area (Å²) in [6.07, 6.45) is 1.90. The molecule has 0 radical (unpaired) electrons. The van der Waals surface area contributed by atoms with E-state index < -0.39 is 0 Å². The van der Waals surface area contributed by atoms with Crippen LogP contribution >= 0.6 is 0 Å². The summed E-state index contributed by atoms with van der Waals surface area (Å²) in [5.41, 5.74) is 1.24. The highest BCUT2D eigenvalue weighted by molar-refractivity contribution is 5.74. The third-order valence-corrected chi connectivity index (χ3v) is 4.42. The van der Waals surface area contributed by atoms with Crippen LogP contribution in [0.25, 0.3) is 0 Å². The number of hydrogen-bond acceptors (Lipinski definition) is 3. The van der Waals surface area contributed by atoms with Crippen molar-refractivity contribution in [1.29, 1.82) is 0 Å². The van der Waals surface area contributed by atoms with Gasteiger partial charge < -0.3 is 19.7 Å². The first-order valence-corrected chi connectivity index (χ1v) is 8.05. The van der Waals surface area contributed by atoms with E-state index in [2.05, 4.69) is 17.4 Å². The van der Waals surface area contributed by atoms with Gasteiger partial charge in [-0.2, -0.15) is 0 Å². The summed E-state index contributed by atoms with van der Waals surface area (Å²) in [5, 5.41) is 3.09. The van der Waals surface area contributed by atoms with Crippen molar-refractivity contribution in [2.24, 2.45) is 0 Å². The second-order valence-electron chi connectivity index (χ2n) is 6.05. The van der Waals surface area contributed by atoms with Gasteiger partial charge in [-0.05, 0) is 18.9 Å². The van der Waals surface area contributed by atoms with Gasteiger partial charge in [-0.25, -0.2) is 4.79 Å². The predicted molar refractivity (Wildman–Crippen MR) is 83.8 cm³/mol. The highest BCUT2D eigenvalue weighted by Crippen LogP contribution is 2.15. The smallest absolute Gasteiger partial charge is 0.317 e. The van der Waals surface area contributed by atoms with Crippen molar-refractivity contribution in [3.8, 4) is 0 Å². The number of benzene rings is 1. The van der Waals surface area contributed by atoms with Crippen LogP contribution in [0.5, 0.6) is 0 Å². The summed E-state index contributed by atoms with van der Waals surface area (Å²) in [6.45, 7) is 4.63. The number of hydrogen-bond donors (Lipinski definition) is 1. The maximum Gasteiger partial charge on any atom is 0.317 e. The number of amides is 2. The van der Waals surface area contributed by atoms with Crippen molar-refractivity contribution in [1.82, 2.24) is 10.2 Å². The summed E-state index contributed by atoms with van der Waals surface area (Å²) in [5.74, 6) is 0. The average Bonchev–Trinajstić information content (AvgIpc) is 2.94. The molecule has 2 aliphatic rings. The quantitative estimate of drug-likeness (QED) is 0.926. The van der Waals surface area contributed by atoms with E-state index in [0.29, 0.717) is 19.7 Å². The molecule has 5 heteroatoms. The minimum atomic E-state index is 0.00344. The largest absolute Gasteiger partial charge is 0.376 e. The molecule has 0 spiro atoms. The number of carbonyl (C=O) groups is 1. The molecule has 1 aromatic rings. The normalized spacial score (nSPS) is 28.6. The Morgan fingerprint density at radius 1 is 1.27 bits per heavy atom. The van der Waals surface area contributed by atoms with Gasteiger partial charge in [0.1, 0.15) is 0 Å². The van der Waals surface area contributed by atoms with Crippen molar-refractivity contribution in [3.05, 3.63) is 35.9 Å². The molecule has 2 saturated heterocycles. The maximum atomic E-state index is 12.4. The van der Waals surface area contributed by atoms with E-state index in [1.807, 2.05) is 30.0 Å². The van der Waals surface area contributed by atoms with Gasteiger partial charge in [-0.3, -0.25) is 0 Å². The molecule has 1 N–H and O–H groups in total. The lowest BCUT2D eigenvalue weighted by Crippen LogP contribution is -2.53. The van der Waals surface area contributed by atoms with Gasteiger partial charge in [-0.15, -0.1) is 0 Å². The fourth-order valence-corrected chi connectivity index (χ4v) is 3.08. The van der Waals surface area contributed by atoms with Crippen LogP contribution in [0, 0.1) is 0 Å². The molecule has 1 aromatic carbocycles. The van der Waals surface area contributed by atoms with E-state index in [-0.39, 0.29) is 24.3 Å². The van der Waals surface area contributed by atoms with E-state index in [1.165, 1.54) is 5.56 Å². The zero-order valence-electron chi connectivity index (χ0n) is 13.0. The summed E-state index contributed by atoms with van der Waals surface area (Å²) < 4.78 is 11.3. The summed E-state index contributed by atoms with van der Waals surface area (Å²) in [4.78, 5) is 14.3. The van der Waals surface area contributed by atoms with Crippen molar-refractivity contribution < 1.29 is 14.3 Å². The lowest BCUT2D eigenvalue weighted by Gasteiger charge is -2.34. The van der Waals surface area contributed by atoms with Crippen molar-refractivity contribution in [2.45, 2.75) is 38.0 Å². The molecule has 2 amide bonds. The van der Waals surface area contributed by atoms with Crippen molar-refractivity contribution in [2.75, 3.05) is 26.3 Å². The second-order valence-corrected chi connectivity index (χ2v) is 6.05. The first-order valence-electron chi connectivity index (χ1n) is 8.05. The topological polar surface area (TPSA) is 50.8 Å². The Balaban J connectivity index is 1.52. The number of ether oxygens (including phenoxy) is 2. The SMILES string of the molecule is C[C@@H]1OCC[C@@H]1NC(=O)N1CCO[C@H](Cc2ccccc2)C1. The fourth-order valence-electron chi connectivity index (χ4n) is 3.08. The molecule has 120 valence electrons. The van der Waals surface area contributed by atoms with Gasteiger partial charge in [0.25, 0.3) is 0 Å². The molecule has 0 aliphatic carbocycles. The number of morpholine rings is 1. The highest BCUT2D eigenvalue weighted by Gasteiger charge is 2.30. The number of urea groups is 1. The van der Waals surface area contributed by atoms with Crippen LogP contribution in [-0.2, 0) is 15.9 Å². The lowest BCUT2D eigenvalue weighted by atomic mass is 10.1. The van der Waals surface area contributed by atoms with Crippen LogP contribution in [0.3, 0.4) is 0 Å². The van der Waals surface area contributed by atoms with E-state index in [4.69, 9.17) is 9.47 Å². The van der Waals surface area contributed by atoms with E-state index in [0.717, 1.165) is 19.4 Å². The van der Waals surface area contributed by atoms with Crippen LogP contribution in [0.2, 0.25) is 0 Å². The maximum absolute atomic E-state index is 12.4. The van der Waals surface area contributed by atoms with Gasteiger partial charge >= 0.3 is 6.03 Å². The van der Waals surface area contributed by atoms with E-state index in [9.17, 15) is 4.79 Å². The Morgan fingerprint density at radius 2 is 2.09 bits per heavy atom. The van der Waals surface area contributed by atoms with Crippen molar-refractivity contribution >= 4 is 6.03 Å². The predicted octanol–water partition coefficient (Wildman–Crippen LogP) is 1.82. The monoisotopic (exact) mass is 304 g/mol. The molecular weight excluding hydrogens is 280 g/mol. The molecule has 0 bridgehead atoms. The third-order valence-electron chi connectivity index (χ3n) is 4.42. The molecule has 0 aromatic heterocycles. The molecule has 2 fully saturated rings. The molecule has 2 heterocycles. The number of rotatable bonds is 3. The summed E-state index contributed by atoms with van der Waals surface area (Å²) in [6, 6.07) is 10.4. The zero-order chi connectivity index (χ0) is 15.4. The number of nitrogens with one attached hydrogen (secondary N) is 1. The molecule has 0 saturated carbocycles. The van der Waals surface area contributed by atoms with Crippen LogP contribution < -0.4 is 5.32 Å². The zero-order valence-corrected chi connectivity index (χ0v) is 13.0. The second kappa shape index (κ2) is 7.11. The molecular formula is C17H24N2O3. The molecule has 3 rings (SSSR count). The van der Waals surface area contributed by atoms with E-state index >= 15 is 0 Å². The van der Waals surface area contributed by atoms with Crippen LogP contribution in [0.1, 0.15) is 18.9 Å². The highest BCUT2D eigenvalue weighted by atomic mass is 16.5. The minimum absolute atomic E-state index is 0.00344. The summed E-state index contributed by atoms with van der Waals surface area (Å²) >= 11 is 0. The Hall–Kier alpha value is -1.59. The fraction of sp³-hybridized carbons (Fsp3) is 0.588. The Kier molecular flexibility index (Phi) is 4.95. The summed E-state index contributed by atoms with van der Waals surface area (Å²) in [7, 11) is 0. The molecule has 5 nitrogen and oxygen atoms in total. The molecule has 2 aliphatic heterocycles. The standard InChI is InChI=1S/C17H24N2O3/c1-13-16(7-9-21-13)18-17(20)19-8-10-22-15(12-19)11-14-5-3-2-4-6-14/h2-6,13,15-16H,7-12H2,1H3,(H,18,20)/t13-,15+,16-/m0/s1. The number of nitrogens with zero attached hydrogens (tertiary/aromatic N) is 1. The Morgan fingerprint density at radius 3 is 2.82 bits per heavy atom. The van der Waals surface area contributed by atoms with Crippen LogP contribution in [-0.4, -0.2) is 55.5 Å². The third kappa shape index (κ3) is 3.78. The van der Waals surface area contributed by atoms with Gasteiger partial charge in [0.05, 0.1) is 24.9 Å². The number of carbonyl (C=O) groups excluding carboxylic acids is 1. The van der Waals surface area contributed by atoms with Crippen LogP contribution in [0.4, 0.5) is 4.79 Å². The Labute approximate surface area is 131 Å². The van der Waals surface area contributed by atoms with Gasteiger partial charge in [0.15, 0.2) is 0 Å². The van der Waals surface area contributed by atoms with Gasteiger partial charge in [-0.1, -0.05) is 30.3 Å². The van der Waals surface area contributed by atoms with Crippen LogP contribution in [0.15, 0.2) is 30.3 Å². The van der Waals surface area contributed by atoms with Gasteiger partial charge in [0.2, 0.25) is 0 Å².